The molecule has 1 saturated carbocycles. The van der Waals surface area contributed by atoms with Crippen molar-refractivity contribution in [3.8, 4) is 0 Å². The van der Waals surface area contributed by atoms with Crippen molar-refractivity contribution in [3.63, 3.8) is 0 Å². The maximum Gasteiger partial charge on any atom is 0.259 e. The Morgan fingerprint density at radius 2 is 2.03 bits per heavy atom. The van der Waals surface area contributed by atoms with Crippen LogP contribution >= 0.6 is 0 Å². The number of amides is 1. The van der Waals surface area contributed by atoms with Crippen LogP contribution in [0.1, 0.15) is 53.4 Å². The van der Waals surface area contributed by atoms with Crippen LogP contribution in [0.3, 0.4) is 0 Å². The summed E-state index contributed by atoms with van der Waals surface area (Å²) < 4.78 is 0. The number of aliphatic hydroxyl groups is 3. The standard InChI is InChI=1S/C26H37NO5/c1-15-10-11-20-18(12-15)13-16(2)19(9-7-5-6-8-17(3)29)26(20,4)24(31)22-23(30)21(14-28)27-25(22)32/h5-7,9,13,15,17-21,28-29,31H,8,10-12,14H2,1-4H3,(H,27,32)/b6-5+,9-7+,24-22+/t15-,17+,18+,19-,20-,21+,26-/m0/s1. The van der Waals surface area contributed by atoms with E-state index in [9.17, 15) is 24.9 Å². The van der Waals surface area contributed by atoms with E-state index in [1.54, 1.807) is 6.92 Å². The summed E-state index contributed by atoms with van der Waals surface area (Å²) in [6, 6.07) is -0.997. The summed E-state index contributed by atoms with van der Waals surface area (Å²) in [5.74, 6) is -0.533. The average Bonchev–Trinajstić information content (AvgIpc) is 3.01. The molecular formula is C26H37NO5. The Balaban J connectivity index is 2.08. The van der Waals surface area contributed by atoms with Gasteiger partial charge in [0.2, 0.25) is 0 Å². The van der Waals surface area contributed by atoms with E-state index in [0.717, 1.165) is 24.8 Å². The van der Waals surface area contributed by atoms with Crippen LogP contribution in [0, 0.1) is 29.1 Å². The monoisotopic (exact) mass is 443 g/mol. The Morgan fingerprint density at radius 1 is 1.31 bits per heavy atom. The van der Waals surface area contributed by atoms with Crippen molar-refractivity contribution < 1.29 is 24.9 Å². The van der Waals surface area contributed by atoms with Gasteiger partial charge in [-0.3, -0.25) is 9.59 Å². The topological polar surface area (TPSA) is 107 Å². The predicted octanol–water partition coefficient (Wildman–Crippen LogP) is 3.38. The van der Waals surface area contributed by atoms with Crippen LogP contribution in [0.5, 0.6) is 0 Å². The van der Waals surface area contributed by atoms with E-state index in [-0.39, 0.29) is 29.1 Å². The van der Waals surface area contributed by atoms with Crippen LogP contribution in [-0.4, -0.2) is 45.8 Å². The number of carbonyl (C=O) groups excluding carboxylic acids is 2. The van der Waals surface area contributed by atoms with Crippen LogP contribution in [0.4, 0.5) is 0 Å². The zero-order chi connectivity index (χ0) is 23.6. The molecule has 3 rings (SSSR count). The lowest BCUT2D eigenvalue weighted by Gasteiger charge is -2.52. The summed E-state index contributed by atoms with van der Waals surface area (Å²) in [6.07, 6.45) is 13.1. The number of allylic oxidation sites excluding steroid dienone is 6. The first-order valence-electron chi connectivity index (χ1n) is 11.7. The van der Waals surface area contributed by atoms with Crippen LogP contribution in [-0.2, 0) is 9.59 Å². The zero-order valence-electron chi connectivity index (χ0n) is 19.5. The van der Waals surface area contributed by atoms with E-state index >= 15 is 0 Å². The molecule has 0 bridgehead atoms. The first kappa shape index (κ1) is 24.5. The van der Waals surface area contributed by atoms with E-state index in [0.29, 0.717) is 12.3 Å². The molecule has 0 aromatic rings. The Bertz CT molecular complexity index is 867. The molecule has 7 atom stereocenters. The second-order valence-electron chi connectivity index (χ2n) is 10.1. The fourth-order valence-corrected chi connectivity index (χ4v) is 5.91. The summed E-state index contributed by atoms with van der Waals surface area (Å²) in [5.41, 5.74) is 0.0895. The van der Waals surface area contributed by atoms with Crippen molar-refractivity contribution in [3.05, 3.63) is 47.3 Å². The molecule has 1 aliphatic heterocycles. The number of ketones is 1. The van der Waals surface area contributed by atoms with Gasteiger partial charge in [-0.2, -0.15) is 0 Å². The molecule has 6 nitrogen and oxygen atoms in total. The third kappa shape index (κ3) is 4.48. The van der Waals surface area contributed by atoms with E-state index in [1.807, 2.05) is 38.2 Å². The summed E-state index contributed by atoms with van der Waals surface area (Å²) in [6.45, 7) is 7.51. The van der Waals surface area contributed by atoms with Crippen molar-refractivity contribution in [1.82, 2.24) is 5.32 Å². The van der Waals surface area contributed by atoms with Gasteiger partial charge in [0.25, 0.3) is 5.91 Å². The maximum absolute atomic E-state index is 12.8. The number of hydrogen-bond donors (Lipinski definition) is 4. The lowest BCUT2D eigenvalue weighted by Crippen LogP contribution is -2.46. The van der Waals surface area contributed by atoms with Gasteiger partial charge >= 0.3 is 0 Å². The van der Waals surface area contributed by atoms with E-state index in [2.05, 4.69) is 18.3 Å². The molecule has 0 aromatic heterocycles. The van der Waals surface area contributed by atoms with Gasteiger partial charge < -0.3 is 20.6 Å². The van der Waals surface area contributed by atoms with Crippen LogP contribution < -0.4 is 5.32 Å². The lowest BCUT2D eigenvalue weighted by molar-refractivity contribution is -0.118. The van der Waals surface area contributed by atoms with Crippen LogP contribution in [0.2, 0.25) is 0 Å². The Labute approximate surface area is 190 Å². The minimum absolute atomic E-state index is 0.0970. The summed E-state index contributed by atoms with van der Waals surface area (Å²) >= 11 is 0. The number of Topliss-reactive ketones (excluding diaryl/α,β-unsaturated/α-hetero) is 1. The molecule has 1 heterocycles. The SMILES string of the molecule is CC1=C[C@H]2C[C@@H](C)CC[C@@H]2[C@@](C)(/C(O)=C2\C(=O)N[C@H](CO)C2=O)[C@H]1/C=C/C=C/C[C@@H](C)O. The summed E-state index contributed by atoms with van der Waals surface area (Å²) in [4.78, 5) is 25.4. The average molecular weight is 444 g/mol. The quantitative estimate of drug-likeness (QED) is 0.166. The molecule has 176 valence electrons. The van der Waals surface area contributed by atoms with Crippen molar-refractivity contribution in [2.45, 2.75) is 65.5 Å². The Hall–Kier alpha value is -2.18. The maximum atomic E-state index is 12.8. The summed E-state index contributed by atoms with van der Waals surface area (Å²) in [5, 5.41) is 33.0. The third-order valence-corrected chi connectivity index (χ3v) is 7.60. The van der Waals surface area contributed by atoms with Crippen LogP contribution in [0.25, 0.3) is 0 Å². The Morgan fingerprint density at radius 3 is 2.66 bits per heavy atom. The fraction of sp³-hybridized carbons (Fsp3) is 0.615. The molecule has 2 fully saturated rings. The van der Waals surface area contributed by atoms with Gasteiger partial charge in [-0.1, -0.05) is 56.2 Å². The minimum atomic E-state index is -0.997. The first-order chi connectivity index (χ1) is 15.1. The van der Waals surface area contributed by atoms with Gasteiger partial charge in [0, 0.05) is 11.3 Å². The molecule has 1 saturated heterocycles. The number of hydrogen-bond acceptors (Lipinski definition) is 5. The second kappa shape index (κ2) is 9.75. The highest BCUT2D eigenvalue weighted by atomic mass is 16.3. The van der Waals surface area contributed by atoms with Gasteiger partial charge in [0.1, 0.15) is 17.4 Å². The molecule has 0 spiro atoms. The molecule has 2 aliphatic carbocycles. The smallest absolute Gasteiger partial charge is 0.259 e. The summed E-state index contributed by atoms with van der Waals surface area (Å²) in [7, 11) is 0. The third-order valence-electron chi connectivity index (χ3n) is 7.60. The van der Waals surface area contributed by atoms with Gasteiger partial charge in [-0.05, 0) is 50.9 Å². The van der Waals surface area contributed by atoms with Crippen molar-refractivity contribution in [2.24, 2.45) is 29.1 Å². The van der Waals surface area contributed by atoms with E-state index in [4.69, 9.17) is 0 Å². The molecule has 0 radical (unpaired) electrons. The molecule has 3 aliphatic rings. The van der Waals surface area contributed by atoms with Gasteiger partial charge in [0.15, 0.2) is 5.78 Å². The highest BCUT2D eigenvalue weighted by Crippen LogP contribution is 2.57. The molecule has 6 heteroatoms. The normalized spacial score (nSPS) is 38.1. The molecule has 4 N–H and O–H groups in total. The highest BCUT2D eigenvalue weighted by molar-refractivity contribution is 6.27. The Kier molecular flexibility index (Phi) is 7.46. The van der Waals surface area contributed by atoms with Gasteiger partial charge in [-0.15, -0.1) is 0 Å². The van der Waals surface area contributed by atoms with Crippen molar-refractivity contribution >= 4 is 11.7 Å². The van der Waals surface area contributed by atoms with Crippen molar-refractivity contribution in [1.29, 1.82) is 0 Å². The number of carbonyl (C=O) groups is 2. The first-order valence-corrected chi connectivity index (χ1v) is 11.7. The molecule has 0 unspecified atom stereocenters. The highest BCUT2D eigenvalue weighted by Gasteiger charge is 2.54. The lowest BCUT2D eigenvalue weighted by atomic mass is 9.52. The van der Waals surface area contributed by atoms with Gasteiger partial charge in [-0.25, -0.2) is 0 Å². The second-order valence-corrected chi connectivity index (χ2v) is 10.1. The largest absolute Gasteiger partial charge is 0.511 e. The van der Waals surface area contributed by atoms with E-state index in [1.165, 1.54) is 0 Å². The molecular weight excluding hydrogens is 406 g/mol. The number of rotatable bonds is 6. The zero-order valence-corrected chi connectivity index (χ0v) is 19.5. The van der Waals surface area contributed by atoms with Crippen molar-refractivity contribution in [2.75, 3.05) is 6.61 Å². The molecule has 32 heavy (non-hydrogen) atoms. The number of nitrogens with one attached hydrogen (secondary N) is 1. The van der Waals surface area contributed by atoms with E-state index < -0.39 is 35.9 Å². The van der Waals surface area contributed by atoms with Gasteiger partial charge in [0.05, 0.1) is 12.7 Å². The minimum Gasteiger partial charge on any atom is -0.511 e. The number of fused-ring (bicyclic) bond motifs is 1. The molecule has 1 amide bonds. The predicted molar refractivity (Wildman–Crippen MR) is 124 cm³/mol. The number of aliphatic hydroxyl groups excluding tert-OH is 3. The van der Waals surface area contributed by atoms with Crippen LogP contribution in [0.15, 0.2) is 47.3 Å². The molecule has 0 aromatic carbocycles. The fourth-order valence-electron chi connectivity index (χ4n) is 5.91.